The van der Waals surface area contributed by atoms with E-state index in [2.05, 4.69) is 0 Å². The lowest BCUT2D eigenvalue weighted by Crippen LogP contribution is -2.41. The van der Waals surface area contributed by atoms with Gasteiger partial charge in [-0.1, -0.05) is 18.1 Å². The molecule has 2 amide bonds. The highest BCUT2D eigenvalue weighted by molar-refractivity contribution is 7.89. The van der Waals surface area contributed by atoms with E-state index in [1.807, 2.05) is 5.92 Å². The Morgan fingerprint density at radius 2 is 2.00 bits per heavy atom. The van der Waals surface area contributed by atoms with Crippen LogP contribution < -0.4 is 5.73 Å². The molecule has 112 valence electrons. The molecule has 0 saturated heterocycles. The van der Waals surface area contributed by atoms with Crippen LogP contribution in [0.3, 0.4) is 0 Å². The number of benzene rings is 1. The van der Waals surface area contributed by atoms with Crippen molar-refractivity contribution in [3.8, 4) is 12.3 Å². The molecule has 0 radical (unpaired) electrons. The summed E-state index contributed by atoms with van der Waals surface area (Å²) in [4.78, 5) is 22.7. The van der Waals surface area contributed by atoms with Crippen molar-refractivity contribution in [1.82, 2.24) is 4.31 Å². The number of ether oxygens (including phenoxy) is 1. The van der Waals surface area contributed by atoms with Crippen LogP contribution in [0.5, 0.6) is 0 Å². The fourth-order valence-corrected chi connectivity index (χ4v) is 2.95. The van der Waals surface area contributed by atoms with Gasteiger partial charge in [0.1, 0.15) is 4.90 Å². The zero-order valence-electron chi connectivity index (χ0n) is 11.3. The molecule has 0 heterocycles. The topological polar surface area (TPSA) is 107 Å². The van der Waals surface area contributed by atoms with Gasteiger partial charge in [0.25, 0.3) is 10.0 Å². The molecular weight excluding hydrogens is 296 g/mol. The van der Waals surface area contributed by atoms with Crippen LogP contribution >= 0.6 is 0 Å². The van der Waals surface area contributed by atoms with Crippen molar-refractivity contribution in [2.24, 2.45) is 5.73 Å². The summed E-state index contributed by atoms with van der Waals surface area (Å²) in [5, 5.41) is 0. The molecule has 0 bridgehead atoms. The Bertz CT molecular complexity index is 691. The molecule has 0 aliphatic rings. The summed E-state index contributed by atoms with van der Waals surface area (Å²) >= 11 is 0. The van der Waals surface area contributed by atoms with E-state index in [0.29, 0.717) is 4.31 Å². The fraction of sp³-hybridized carbons (Fsp3) is 0.231. The average Bonchev–Trinajstić information content (AvgIpc) is 2.44. The molecule has 0 saturated carbocycles. The summed E-state index contributed by atoms with van der Waals surface area (Å²) in [6.45, 7) is 1.13. The third-order valence-corrected chi connectivity index (χ3v) is 4.23. The highest BCUT2D eigenvalue weighted by Gasteiger charge is 2.31. The second-order valence-electron chi connectivity index (χ2n) is 3.77. The van der Waals surface area contributed by atoms with E-state index in [-0.39, 0.29) is 12.2 Å². The van der Waals surface area contributed by atoms with Gasteiger partial charge in [0.15, 0.2) is 0 Å². The molecule has 21 heavy (non-hydrogen) atoms. The van der Waals surface area contributed by atoms with Crippen molar-refractivity contribution in [3.05, 3.63) is 29.8 Å². The van der Waals surface area contributed by atoms with Gasteiger partial charge in [-0.05, 0) is 19.1 Å². The van der Waals surface area contributed by atoms with Crippen LogP contribution in [0.2, 0.25) is 0 Å². The number of nitrogens with zero attached hydrogens (tertiary/aromatic N) is 1. The number of esters is 1. The van der Waals surface area contributed by atoms with Crippen molar-refractivity contribution in [1.29, 1.82) is 0 Å². The summed E-state index contributed by atoms with van der Waals surface area (Å²) in [5.74, 6) is 1.21. The zero-order valence-corrected chi connectivity index (χ0v) is 12.1. The largest absolute Gasteiger partial charge is 0.462 e. The number of primary amides is 1. The molecule has 7 nitrogen and oxygen atoms in total. The standard InChI is InChI=1S/C13H14N2O5S/c1-3-9-15(13(14)17)21(18,19)11-8-6-5-7-10(11)12(16)20-4-2/h1,5-8H,4,9H2,2H3,(H2,14,17). The van der Waals surface area contributed by atoms with E-state index in [4.69, 9.17) is 16.9 Å². The van der Waals surface area contributed by atoms with Gasteiger partial charge in [0, 0.05) is 0 Å². The van der Waals surface area contributed by atoms with Gasteiger partial charge in [-0.25, -0.2) is 22.3 Å². The Morgan fingerprint density at radius 3 is 2.52 bits per heavy atom. The lowest BCUT2D eigenvalue weighted by molar-refractivity contribution is 0.0521. The predicted molar refractivity (Wildman–Crippen MR) is 74.7 cm³/mol. The predicted octanol–water partition coefficient (Wildman–Crippen LogP) is 0.566. The lowest BCUT2D eigenvalue weighted by atomic mass is 10.2. The molecule has 8 heteroatoms. The number of urea groups is 1. The third kappa shape index (κ3) is 3.52. The number of carbonyl (C=O) groups excluding carboxylic acids is 2. The van der Waals surface area contributed by atoms with E-state index < -0.39 is 33.5 Å². The number of carbonyl (C=O) groups is 2. The van der Waals surface area contributed by atoms with Crippen LogP contribution in [0.4, 0.5) is 4.79 Å². The second kappa shape index (κ2) is 6.76. The lowest BCUT2D eigenvalue weighted by Gasteiger charge is -2.19. The highest BCUT2D eigenvalue weighted by Crippen LogP contribution is 2.21. The van der Waals surface area contributed by atoms with Gasteiger partial charge < -0.3 is 10.5 Å². The Balaban J connectivity index is 3.42. The Morgan fingerprint density at radius 1 is 1.38 bits per heavy atom. The molecule has 0 aliphatic carbocycles. The summed E-state index contributed by atoms with van der Waals surface area (Å²) in [7, 11) is -4.34. The van der Waals surface area contributed by atoms with Gasteiger partial charge in [-0.15, -0.1) is 6.42 Å². The van der Waals surface area contributed by atoms with E-state index in [1.165, 1.54) is 24.3 Å². The zero-order chi connectivity index (χ0) is 16.0. The van der Waals surface area contributed by atoms with E-state index in [9.17, 15) is 18.0 Å². The number of amides is 2. The minimum atomic E-state index is -4.34. The minimum absolute atomic E-state index is 0.0805. The number of terminal acetylenes is 1. The van der Waals surface area contributed by atoms with Crippen LogP contribution in [0.25, 0.3) is 0 Å². The minimum Gasteiger partial charge on any atom is -0.462 e. The first-order chi connectivity index (χ1) is 9.86. The van der Waals surface area contributed by atoms with E-state index >= 15 is 0 Å². The van der Waals surface area contributed by atoms with Gasteiger partial charge in [-0.3, -0.25) is 0 Å². The fourth-order valence-electron chi connectivity index (χ4n) is 1.55. The van der Waals surface area contributed by atoms with Crippen LogP contribution in [0, 0.1) is 12.3 Å². The Hall–Kier alpha value is -2.53. The second-order valence-corrected chi connectivity index (χ2v) is 5.60. The van der Waals surface area contributed by atoms with Crippen LogP contribution in [0.1, 0.15) is 17.3 Å². The van der Waals surface area contributed by atoms with Gasteiger partial charge in [0.2, 0.25) is 0 Å². The van der Waals surface area contributed by atoms with Gasteiger partial charge in [-0.2, -0.15) is 0 Å². The number of hydrogen-bond acceptors (Lipinski definition) is 5. The van der Waals surface area contributed by atoms with Crippen molar-refractivity contribution in [2.75, 3.05) is 13.2 Å². The molecule has 1 rings (SSSR count). The number of rotatable bonds is 5. The summed E-state index contributed by atoms with van der Waals surface area (Å²) in [5.41, 5.74) is 4.84. The van der Waals surface area contributed by atoms with Crippen molar-refractivity contribution in [3.63, 3.8) is 0 Å². The smallest absolute Gasteiger partial charge is 0.339 e. The number of sulfonamides is 1. The molecule has 0 atom stereocenters. The first kappa shape index (κ1) is 16.5. The van der Waals surface area contributed by atoms with Gasteiger partial charge in [0.05, 0.1) is 18.7 Å². The third-order valence-electron chi connectivity index (χ3n) is 2.43. The molecule has 0 aliphatic heterocycles. The van der Waals surface area contributed by atoms with Crippen LogP contribution in [0.15, 0.2) is 29.2 Å². The molecule has 2 N–H and O–H groups in total. The monoisotopic (exact) mass is 310 g/mol. The Kier molecular flexibility index (Phi) is 5.32. The molecule has 1 aromatic rings. The maximum absolute atomic E-state index is 12.4. The normalized spacial score (nSPS) is 10.5. The average molecular weight is 310 g/mol. The SMILES string of the molecule is C#CCN(C(N)=O)S(=O)(=O)c1ccccc1C(=O)OCC. The van der Waals surface area contributed by atoms with Crippen LogP contribution in [-0.4, -0.2) is 37.9 Å². The number of hydrogen-bond donors (Lipinski definition) is 1. The first-order valence-corrected chi connectivity index (χ1v) is 7.32. The molecule has 0 aromatic heterocycles. The molecule has 0 spiro atoms. The first-order valence-electron chi connectivity index (χ1n) is 5.88. The highest BCUT2D eigenvalue weighted by atomic mass is 32.2. The maximum atomic E-state index is 12.4. The molecule has 0 unspecified atom stereocenters. The van der Waals surface area contributed by atoms with E-state index in [1.54, 1.807) is 6.92 Å². The molecular formula is C13H14N2O5S. The van der Waals surface area contributed by atoms with Crippen molar-refractivity contribution in [2.45, 2.75) is 11.8 Å². The quantitative estimate of drug-likeness (QED) is 0.632. The maximum Gasteiger partial charge on any atom is 0.339 e. The van der Waals surface area contributed by atoms with Crippen LogP contribution in [-0.2, 0) is 14.8 Å². The molecule has 0 fully saturated rings. The summed E-state index contributed by atoms with van der Waals surface area (Å²) in [6.07, 6.45) is 5.03. The summed E-state index contributed by atoms with van der Waals surface area (Å²) in [6, 6.07) is 4.10. The van der Waals surface area contributed by atoms with Crippen molar-refractivity contribution >= 4 is 22.0 Å². The van der Waals surface area contributed by atoms with E-state index in [0.717, 1.165) is 0 Å². The summed E-state index contributed by atoms with van der Waals surface area (Å²) < 4.78 is 29.9. The van der Waals surface area contributed by atoms with Gasteiger partial charge >= 0.3 is 12.0 Å². The Labute approximate surface area is 122 Å². The number of nitrogens with two attached hydrogens (primary N) is 1. The molecule has 1 aromatic carbocycles. The van der Waals surface area contributed by atoms with Crippen molar-refractivity contribution < 1.29 is 22.7 Å².